The quantitative estimate of drug-likeness (QED) is 0.716. The molecule has 3 rings (SSSR count). The number of carbonyl (C=O) groups is 1. The molecule has 0 radical (unpaired) electrons. The van der Waals surface area contributed by atoms with Gasteiger partial charge >= 0.3 is 0 Å². The highest BCUT2D eigenvalue weighted by molar-refractivity contribution is 5.89. The Balaban J connectivity index is 2.30. The number of benzene rings is 3. The summed E-state index contributed by atoms with van der Waals surface area (Å²) in [5, 5.41) is 0. The van der Waals surface area contributed by atoms with Crippen LogP contribution in [0.5, 0.6) is 0 Å². The van der Waals surface area contributed by atoms with Crippen molar-refractivity contribution in [2.75, 3.05) is 0 Å². The molecule has 0 bridgehead atoms. The summed E-state index contributed by atoms with van der Waals surface area (Å²) in [6.45, 7) is 3.78. The summed E-state index contributed by atoms with van der Waals surface area (Å²) >= 11 is 0. The van der Waals surface area contributed by atoms with Gasteiger partial charge in [0, 0.05) is 5.56 Å². The van der Waals surface area contributed by atoms with Gasteiger partial charge in [0.2, 0.25) is 5.91 Å². The number of carbonyl (C=O) groups excluding carboxylic acids is 1. The summed E-state index contributed by atoms with van der Waals surface area (Å²) in [4.78, 5) is 12.3. The van der Waals surface area contributed by atoms with E-state index >= 15 is 0 Å². The third-order valence-corrected chi connectivity index (χ3v) is 4.47. The predicted octanol–water partition coefficient (Wildman–Crippen LogP) is 4.87. The third-order valence-electron chi connectivity index (χ3n) is 4.47. The van der Waals surface area contributed by atoms with Crippen LogP contribution in [0.4, 0.5) is 8.78 Å². The van der Waals surface area contributed by atoms with E-state index in [4.69, 9.17) is 5.73 Å². The Labute approximate surface area is 151 Å². The van der Waals surface area contributed by atoms with Gasteiger partial charge in [-0.25, -0.2) is 8.78 Å². The van der Waals surface area contributed by atoms with Crippen LogP contribution in [0, 0.1) is 25.5 Å². The van der Waals surface area contributed by atoms with Crippen LogP contribution in [0.25, 0.3) is 11.1 Å². The molecule has 0 aliphatic carbocycles. The van der Waals surface area contributed by atoms with Crippen molar-refractivity contribution in [3.63, 3.8) is 0 Å². The molecule has 2 N–H and O–H groups in total. The zero-order valence-electron chi connectivity index (χ0n) is 14.6. The molecule has 1 amide bonds. The van der Waals surface area contributed by atoms with Crippen LogP contribution in [0.15, 0.2) is 60.7 Å². The smallest absolute Gasteiger partial charge is 0.229 e. The molecule has 0 spiro atoms. The molecule has 3 aromatic rings. The summed E-state index contributed by atoms with van der Waals surface area (Å²) in [5.74, 6) is -2.14. The number of amides is 1. The number of aryl methyl sites for hydroxylation is 2. The number of hydrogen-bond donors (Lipinski definition) is 1. The molecular formula is C22H19F2NO. The van der Waals surface area contributed by atoms with Crippen molar-refractivity contribution >= 4 is 5.91 Å². The Morgan fingerprint density at radius 1 is 0.923 bits per heavy atom. The van der Waals surface area contributed by atoms with E-state index in [1.165, 1.54) is 30.3 Å². The molecule has 0 saturated heterocycles. The van der Waals surface area contributed by atoms with Gasteiger partial charge in [-0.2, -0.15) is 0 Å². The highest BCUT2D eigenvalue weighted by Crippen LogP contribution is 2.37. The van der Waals surface area contributed by atoms with Crippen LogP contribution in [-0.2, 0) is 4.79 Å². The average molecular weight is 351 g/mol. The summed E-state index contributed by atoms with van der Waals surface area (Å²) < 4.78 is 27.8. The first-order chi connectivity index (χ1) is 12.4. The second-order valence-corrected chi connectivity index (χ2v) is 6.41. The van der Waals surface area contributed by atoms with E-state index in [0.29, 0.717) is 22.3 Å². The molecule has 0 aliphatic rings. The second kappa shape index (κ2) is 7.08. The van der Waals surface area contributed by atoms with Crippen LogP contribution >= 0.6 is 0 Å². The number of primary amides is 1. The zero-order chi connectivity index (χ0) is 18.8. The SMILES string of the molecule is Cc1cc(C)c(C(C(N)=O)c2ccc(F)cc2)c(-c2ccccc2F)c1. The van der Waals surface area contributed by atoms with Gasteiger partial charge in [-0.05, 0) is 54.3 Å². The minimum Gasteiger partial charge on any atom is -0.369 e. The first kappa shape index (κ1) is 17.8. The maximum absolute atomic E-state index is 14.5. The topological polar surface area (TPSA) is 43.1 Å². The Bertz CT molecular complexity index is 964. The monoisotopic (exact) mass is 351 g/mol. The minimum absolute atomic E-state index is 0.374. The van der Waals surface area contributed by atoms with Crippen molar-refractivity contribution in [2.24, 2.45) is 5.73 Å². The minimum atomic E-state index is -0.800. The van der Waals surface area contributed by atoms with Gasteiger partial charge in [0.1, 0.15) is 11.6 Å². The molecule has 26 heavy (non-hydrogen) atoms. The fourth-order valence-corrected chi connectivity index (χ4v) is 3.39. The van der Waals surface area contributed by atoms with Gasteiger partial charge in [0.05, 0.1) is 5.92 Å². The van der Waals surface area contributed by atoms with Gasteiger partial charge in [0.25, 0.3) is 0 Å². The maximum Gasteiger partial charge on any atom is 0.229 e. The molecule has 0 aliphatic heterocycles. The van der Waals surface area contributed by atoms with E-state index in [-0.39, 0.29) is 5.82 Å². The molecular weight excluding hydrogens is 332 g/mol. The van der Waals surface area contributed by atoms with Crippen LogP contribution in [0.2, 0.25) is 0 Å². The lowest BCUT2D eigenvalue weighted by Gasteiger charge is -2.22. The normalized spacial score (nSPS) is 12.0. The molecule has 2 nitrogen and oxygen atoms in total. The van der Waals surface area contributed by atoms with Crippen molar-refractivity contribution < 1.29 is 13.6 Å². The van der Waals surface area contributed by atoms with Crippen molar-refractivity contribution in [2.45, 2.75) is 19.8 Å². The fraction of sp³-hybridized carbons (Fsp3) is 0.136. The van der Waals surface area contributed by atoms with Crippen LogP contribution in [0.3, 0.4) is 0 Å². The highest BCUT2D eigenvalue weighted by atomic mass is 19.1. The largest absolute Gasteiger partial charge is 0.369 e. The lowest BCUT2D eigenvalue weighted by Crippen LogP contribution is -2.24. The zero-order valence-corrected chi connectivity index (χ0v) is 14.6. The van der Waals surface area contributed by atoms with Crippen LogP contribution in [0.1, 0.15) is 28.2 Å². The molecule has 4 heteroatoms. The lowest BCUT2D eigenvalue weighted by molar-refractivity contribution is -0.118. The average Bonchev–Trinajstić information content (AvgIpc) is 2.58. The number of hydrogen-bond acceptors (Lipinski definition) is 1. The predicted molar refractivity (Wildman–Crippen MR) is 98.7 cm³/mol. The molecule has 3 aromatic carbocycles. The fourth-order valence-electron chi connectivity index (χ4n) is 3.39. The Hall–Kier alpha value is -3.01. The molecule has 0 fully saturated rings. The van der Waals surface area contributed by atoms with Crippen molar-refractivity contribution in [1.82, 2.24) is 0 Å². The van der Waals surface area contributed by atoms with E-state index in [1.807, 2.05) is 26.0 Å². The third kappa shape index (κ3) is 3.36. The maximum atomic E-state index is 14.5. The Kier molecular flexibility index (Phi) is 4.85. The lowest BCUT2D eigenvalue weighted by atomic mass is 9.82. The Morgan fingerprint density at radius 3 is 2.19 bits per heavy atom. The highest BCUT2D eigenvalue weighted by Gasteiger charge is 2.26. The Morgan fingerprint density at radius 2 is 1.58 bits per heavy atom. The number of rotatable bonds is 4. The summed E-state index contributed by atoms with van der Waals surface area (Å²) in [6, 6.07) is 15.9. The van der Waals surface area contributed by atoms with E-state index < -0.39 is 17.6 Å². The van der Waals surface area contributed by atoms with Crippen LogP contribution in [-0.4, -0.2) is 5.91 Å². The molecule has 132 valence electrons. The van der Waals surface area contributed by atoms with Crippen molar-refractivity contribution in [3.8, 4) is 11.1 Å². The van der Waals surface area contributed by atoms with Gasteiger partial charge in [-0.1, -0.05) is 48.0 Å². The van der Waals surface area contributed by atoms with Gasteiger partial charge in [0.15, 0.2) is 0 Å². The second-order valence-electron chi connectivity index (χ2n) is 6.41. The number of nitrogens with two attached hydrogens (primary N) is 1. The first-order valence-electron chi connectivity index (χ1n) is 8.29. The summed E-state index contributed by atoms with van der Waals surface area (Å²) in [7, 11) is 0. The van der Waals surface area contributed by atoms with E-state index in [2.05, 4.69) is 0 Å². The van der Waals surface area contributed by atoms with E-state index in [1.54, 1.807) is 18.2 Å². The van der Waals surface area contributed by atoms with Gasteiger partial charge < -0.3 is 5.73 Å². The number of halogens is 2. The molecule has 1 atom stereocenters. The molecule has 0 aromatic heterocycles. The van der Waals surface area contributed by atoms with E-state index in [9.17, 15) is 13.6 Å². The molecule has 0 saturated carbocycles. The standard InChI is InChI=1S/C22H19F2NO/c1-13-11-14(2)20(18(12-13)17-5-3-4-6-19(17)24)21(22(25)26)15-7-9-16(23)10-8-15/h3-12,21H,1-2H3,(H2,25,26). The van der Waals surface area contributed by atoms with Gasteiger partial charge in [-0.15, -0.1) is 0 Å². The first-order valence-corrected chi connectivity index (χ1v) is 8.29. The summed E-state index contributed by atoms with van der Waals surface area (Å²) in [6.07, 6.45) is 0. The van der Waals surface area contributed by atoms with Crippen molar-refractivity contribution in [1.29, 1.82) is 0 Å². The summed E-state index contributed by atoms with van der Waals surface area (Å²) in [5.41, 5.74) is 9.72. The molecule has 0 heterocycles. The van der Waals surface area contributed by atoms with Crippen molar-refractivity contribution in [3.05, 3.63) is 94.6 Å². The van der Waals surface area contributed by atoms with Gasteiger partial charge in [-0.3, -0.25) is 4.79 Å². The van der Waals surface area contributed by atoms with E-state index in [0.717, 1.165) is 11.1 Å². The molecule has 1 unspecified atom stereocenters. The van der Waals surface area contributed by atoms with Crippen LogP contribution < -0.4 is 5.73 Å².